The third-order valence-electron chi connectivity index (χ3n) is 3.21. The number of rotatable bonds is 4. The Kier molecular flexibility index (Phi) is 4.35. The molecule has 0 aliphatic heterocycles. The molecule has 4 heteroatoms. The summed E-state index contributed by atoms with van der Waals surface area (Å²) in [6.07, 6.45) is 0. The van der Waals surface area contributed by atoms with Crippen molar-refractivity contribution in [2.45, 2.75) is 20.4 Å². The molecule has 20 heavy (non-hydrogen) atoms. The van der Waals surface area contributed by atoms with Crippen molar-refractivity contribution in [1.29, 1.82) is 0 Å². The van der Waals surface area contributed by atoms with Crippen LogP contribution in [0.5, 0.6) is 11.5 Å². The van der Waals surface area contributed by atoms with Crippen LogP contribution in [0.25, 0.3) is 0 Å². The number of nitrogens with one attached hydrogen (secondary N) is 1. The van der Waals surface area contributed by atoms with Gasteiger partial charge in [0.05, 0.1) is 0 Å². The zero-order valence-corrected chi connectivity index (χ0v) is 11.8. The molecule has 2 rings (SSSR count). The third kappa shape index (κ3) is 2.96. The molecule has 106 valence electrons. The first kappa shape index (κ1) is 14.5. The zero-order chi connectivity index (χ0) is 14.7. The quantitative estimate of drug-likeness (QED) is 0.908. The first-order chi connectivity index (χ1) is 9.52. The number of ether oxygens (including phenoxy) is 1. The molecule has 0 aliphatic rings. The molecule has 0 atom stereocenters. The highest BCUT2D eigenvalue weighted by atomic mass is 19.1. The van der Waals surface area contributed by atoms with Crippen LogP contribution < -0.4 is 10.1 Å². The Balaban J connectivity index is 2.36. The SMILES string of the molecule is CNCc1cc(F)c(Oc2cccc(C)c2C)c(F)c1. The fourth-order valence-corrected chi connectivity index (χ4v) is 1.96. The summed E-state index contributed by atoms with van der Waals surface area (Å²) in [4.78, 5) is 0. The molecular formula is C16H17F2NO. The summed E-state index contributed by atoms with van der Waals surface area (Å²) in [6.45, 7) is 4.18. The van der Waals surface area contributed by atoms with Crippen molar-refractivity contribution in [1.82, 2.24) is 5.32 Å². The molecule has 0 amide bonds. The van der Waals surface area contributed by atoms with E-state index in [9.17, 15) is 8.78 Å². The van der Waals surface area contributed by atoms with Crippen LogP contribution in [0, 0.1) is 25.5 Å². The minimum atomic E-state index is -0.698. The fourth-order valence-electron chi connectivity index (χ4n) is 1.96. The third-order valence-corrected chi connectivity index (χ3v) is 3.21. The molecule has 0 unspecified atom stereocenters. The van der Waals surface area contributed by atoms with Crippen molar-refractivity contribution >= 4 is 0 Å². The van der Waals surface area contributed by atoms with Crippen LogP contribution >= 0.6 is 0 Å². The maximum absolute atomic E-state index is 14.0. The zero-order valence-electron chi connectivity index (χ0n) is 11.8. The molecule has 0 bridgehead atoms. The lowest BCUT2D eigenvalue weighted by Crippen LogP contribution is -2.06. The van der Waals surface area contributed by atoms with E-state index >= 15 is 0 Å². The second-order valence-corrected chi connectivity index (χ2v) is 4.72. The summed E-state index contributed by atoms with van der Waals surface area (Å²) in [6, 6.07) is 7.97. The van der Waals surface area contributed by atoms with Crippen molar-refractivity contribution in [3.8, 4) is 11.5 Å². The van der Waals surface area contributed by atoms with Gasteiger partial charge in [0.25, 0.3) is 0 Å². The average Bonchev–Trinajstić information content (AvgIpc) is 2.39. The smallest absolute Gasteiger partial charge is 0.198 e. The van der Waals surface area contributed by atoms with Crippen LogP contribution in [0.1, 0.15) is 16.7 Å². The monoisotopic (exact) mass is 277 g/mol. The van der Waals surface area contributed by atoms with E-state index in [1.807, 2.05) is 19.9 Å². The summed E-state index contributed by atoms with van der Waals surface area (Å²) in [5.41, 5.74) is 2.41. The lowest BCUT2D eigenvalue weighted by molar-refractivity contribution is 0.404. The second-order valence-electron chi connectivity index (χ2n) is 4.72. The summed E-state index contributed by atoms with van der Waals surface area (Å²) < 4.78 is 33.3. The van der Waals surface area contributed by atoms with Gasteiger partial charge in [0.15, 0.2) is 17.4 Å². The molecule has 0 fully saturated rings. The van der Waals surface area contributed by atoms with Crippen molar-refractivity contribution in [2.24, 2.45) is 0 Å². The van der Waals surface area contributed by atoms with Crippen LogP contribution in [0.3, 0.4) is 0 Å². The first-order valence-corrected chi connectivity index (χ1v) is 6.39. The molecule has 0 spiro atoms. The van der Waals surface area contributed by atoms with Gasteiger partial charge in [0, 0.05) is 6.54 Å². The maximum Gasteiger partial charge on any atom is 0.198 e. The normalized spacial score (nSPS) is 10.7. The standard InChI is InChI=1S/C16H17F2NO/c1-10-5-4-6-15(11(10)2)20-16-13(17)7-12(9-19-3)8-14(16)18/h4-8,19H,9H2,1-3H3. The van der Waals surface area contributed by atoms with Gasteiger partial charge in [0.2, 0.25) is 0 Å². The highest BCUT2D eigenvalue weighted by molar-refractivity contribution is 5.42. The largest absolute Gasteiger partial charge is 0.451 e. The number of benzene rings is 2. The van der Waals surface area contributed by atoms with Crippen LogP contribution in [0.15, 0.2) is 30.3 Å². The number of hydrogen-bond acceptors (Lipinski definition) is 2. The van der Waals surface area contributed by atoms with E-state index in [0.717, 1.165) is 11.1 Å². The lowest BCUT2D eigenvalue weighted by atomic mass is 10.1. The minimum Gasteiger partial charge on any atom is -0.451 e. The molecule has 0 aliphatic carbocycles. The van der Waals surface area contributed by atoms with Gasteiger partial charge in [-0.1, -0.05) is 12.1 Å². The maximum atomic E-state index is 14.0. The first-order valence-electron chi connectivity index (χ1n) is 6.39. The molecule has 0 heterocycles. The van der Waals surface area contributed by atoms with Gasteiger partial charge in [-0.05, 0) is 55.8 Å². The fraction of sp³-hybridized carbons (Fsp3) is 0.250. The van der Waals surface area contributed by atoms with E-state index in [1.165, 1.54) is 12.1 Å². The summed E-state index contributed by atoms with van der Waals surface area (Å²) in [7, 11) is 1.72. The minimum absolute atomic E-state index is 0.362. The molecule has 0 radical (unpaired) electrons. The van der Waals surface area contributed by atoms with Crippen molar-refractivity contribution < 1.29 is 13.5 Å². The Morgan fingerprint density at radius 2 is 1.75 bits per heavy atom. The van der Waals surface area contributed by atoms with Gasteiger partial charge in [-0.3, -0.25) is 0 Å². The molecule has 2 nitrogen and oxygen atoms in total. The molecule has 0 saturated heterocycles. The Labute approximate surface area is 117 Å². The van der Waals surface area contributed by atoms with E-state index in [0.29, 0.717) is 17.9 Å². The van der Waals surface area contributed by atoms with Crippen LogP contribution in [-0.2, 0) is 6.54 Å². The molecule has 2 aromatic carbocycles. The molecule has 0 aromatic heterocycles. The van der Waals surface area contributed by atoms with E-state index in [-0.39, 0.29) is 5.75 Å². The second kappa shape index (κ2) is 6.01. The predicted molar refractivity (Wildman–Crippen MR) is 75.1 cm³/mol. The Bertz CT molecular complexity index is 603. The Morgan fingerprint density at radius 3 is 2.35 bits per heavy atom. The predicted octanol–water partition coefficient (Wildman–Crippen LogP) is 4.09. The molecule has 2 aromatic rings. The topological polar surface area (TPSA) is 21.3 Å². The van der Waals surface area contributed by atoms with Gasteiger partial charge in [-0.25, -0.2) is 8.78 Å². The van der Waals surface area contributed by atoms with Gasteiger partial charge in [-0.2, -0.15) is 0 Å². The van der Waals surface area contributed by atoms with Crippen LogP contribution in [0.2, 0.25) is 0 Å². The van der Waals surface area contributed by atoms with Gasteiger partial charge in [0.1, 0.15) is 5.75 Å². The number of hydrogen-bond donors (Lipinski definition) is 1. The van der Waals surface area contributed by atoms with E-state index < -0.39 is 11.6 Å². The van der Waals surface area contributed by atoms with E-state index in [1.54, 1.807) is 19.2 Å². The molecular weight excluding hydrogens is 260 g/mol. The van der Waals surface area contributed by atoms with Gasteiger partial charge >= 0.3 is 0 Å². The van der Waals surface area contributed by atoms with E-state index in [4.69, 9.17) is 4.74 Å². The van der Waals surface area contributed by atoms with Crippen LogP contribution in [-0.4, -0.2) is 7.05 Å². The highest BCUT2D eigenvalue weighted by Crippen LogP contribution is 2.31. The highest BCUT2D eigenvalue weighted by Gasteiger charge is 2.14. The van der Waals surface area contributed by atoms with Gasteiger partial charge < -0.3 is 10.1 Å². The number of halogens is 2. The van der Waals surface area contributed by atoms with Crippen molar-refractivity contribution in [2.75, 3.05) is 7.05 Å². The Hall–Kier alpha value is -1.94. The summed E-state index contributed by atoms with van der Waals surface area (Å²) >= 11 is 0. The van der Waals surface area contributed by atoms with Crippen LogP contribution in [0.4, 0.5) is 8.78 Å². The Morgan fingerprint density at radius 1 is 1.10 bits per heavy atom. The molecule has 0 saturated carbocycles. The number of aryl methyl sites for hydroxylation is 1. The van der Waals surface area contributed by atoms with Crippen molar-refractivity contribution in [3.05, 3.63) is 58.7 Å². The average molecular weight is 277 g/mol. The van der Waals surface area contributed by atoms with E-state index in [2.05, 4.69) is 5.32 Å². The summed E-state index contributed by atoms with van der Waals surface area (Å²) in [5, 5.41) is 2.85. The summed E-state index contributed by atoms with van der Waals surface area (Å²) in [5.74, 6) is -1.30. The van der Waals surface area contributed by atoms with Crippen molar-refractivity contribution in [3.63, 3.8) is 0 Å². The van der Waals surface area contributed by atoms with Gasteiger partial charge in [-0.15, -0.1) is 0 Å². The lowest BCUT2D eigenvalue weighted by Gasteiger charge is -2.13. The molecule has 1 N–H and O–H groups in total.